The highest BCUT2D eigenvalue weighted by molar-refractivity contribution is 6.30. The van der Waals surface area contributed by atoms with Crippen molar-refractivity contribution in [2.24, 2.45) is 7.05 Å². The molecule has 0 bridgehead atoms. The molecule has 12 nitrogen and oxygen atoms in total. The Balaban J connectivity index is 1.36. The summed E-state index contributed by atoms with van der Waals surface area (Å²) in [6, 6.07) is 10.7. The number of nitrogens with one attached hydrogen (secondary N) is 3. The van der Waals surface area contributed by atoms with Crippen LogP contribution in [0.25, 0.3) is 22.2 Å². The van der Waals surface area contributed by atoms with Crippen LogP contribution in [-0.2, 0) is 33.3 Å². The highest BCUT2D eigenvalue weighted by Crippen LogP contribution is 2.48. The van der Waals surface area contributed by atoms with E-state index in [1.54, 1.807) is 43.7 Å². The van der Waals surface area contributed by atoms with E-state index in [1.165, 1.54) is 23.3 Å². The number of hydrogen-bond acceptors (Lipinski definition) is 8. The van der Waals surface area contributed by atoms with Crippen molar-refractivity contribution in [2.75, 3.05) is 11.9 Å². The maximum absolute atomic E-state index is 14.0. The molecule has 238 valence electrons. The summed E-state index contributed by atoms with van der Waals surface area (Å²) in [5.74, 6) is -4.09. The van der Waals surface area contributed by atoms with E-state index in [1.807, 2.05) is 12.1 Å². The molecule has 1 aliphatic carbocycles. The van der Waals surface area contributed by atoms with E-state index in [2.05, 4.69) is 30.7 Å². The third-order valence-corrected chi connectivity index (χ3v) is 7.99. The molecule has 0 radical (unpaired) electrons. The third kappa shape index (κ3) is 6.31. The SMILES string of the molecule is Cn1cc(-c2cnc(NCC3(c4ccc(Cl)cc4)CC3)c(=O)n2C(OC(=O)C(F)(F)F)C(=O)NCc2cc3cnccc3[nH]2)cn1. The zero-order chi connectivity index (χ0) is 32.6. The second-order valence-electron chi connectivity index (χ2n) is 10.9. The third-order valence-electron chi connectivity index (χ3n) is 7.74. The van der Waals surface area contributed by atoms with Gasteiger partial charge in [-0.2, -0.15) is 18.3 Å². The van der Waals surface area contributed by atoms with E-state index < -0.39 is 29.8 Å². The first-order valence-electron chi connectivity index (χ1n) is 14.0. The van der Waals surface area contributed by atoms with Crippen LogP contribution in [0.1, 0.15) is 30.3 Å². The molecule has 46 heavy (non-hydrogen) atoms. The Bertz CT molecular complexity index is 1950. The van der Waals surface area contributed by atoms with E-state index in [0.717, 1.165) is 23.8 Å². The van der Waals surface area contributed by atoms with Crippen LogP contribution in [0.15, 0.2) is 72.2 Å². The molecule has 1 aliphatic rings. The number of esters is 1. The number of nitrogens with zero attached hydrogens (tertiary/aromatic N) is 5. The average molecular weight is 655 g/mol. The number of alkyl halides is 3. The number of carbonyl (C=O) groups is 2. The van der Waals surface area contributed by atoms with Crippen LogP contribution in [0.3, 0.4) is 0 Å². The lowest BCUT2D eigenvalue weighted by Crippen LogP contribution is -2.43. The first kappa shape index (κ1) is 30.8. The fourth-order valence-electron chi connectivity index (χ4n) is 5.15. The number of anilines is 1. The predicted molar refractivity (Wildman–Crippen MR) is 161 cm³/mol. The number of H-pyrrole nitrogens is 1. The van der Waals surface area contributed by atoms with Crippen molar-refractivity contribution in [2.45, 2.75) is 37.2 Å². The van der Waals surface area contributed by atoms with Crippen molar-refractivity contribution in [1.29, 1.82) is 0 Å². The number of aromatic amines is 1. The number of aryl methyl sites for hydroxylation is 1. The summed E-state index contributed by atoms with van der Waals surface area (Å²) in [6.07, 6.45) is 0.963. The molecular weight excluding hydrogens is 629 g/mol. The molecule has 5 aromatic rings. The molecule has 1 saturated carbocycles. The number of amides is 1. The Morgan fingerprint density at radius 2 is 1.91 bits per heavy atom. The summed E-state index contributed by atoms with van der Waals surface area (Å²) in [5, 5.41) is 10.8. The van der Waals surface area contributed by atoms with Crippen LogP contribution in [0.4, 0.5) is 19.0 Å². The van der Waals surface area contributed by atoms with E-state index in [4.69, 9.17) is 16.3 Å². The van der Waals surface area contributed by atoms with Gasteiger partial charge in [-0.1, -0.05) is 23.7 Å². The van der Waals surface area contributed by atoms with Gasteiger partial charge < -0.3 is 20.4 Å². The molecule has 16 heteroatoms. The fraction of sp³-hybridized carbons (Fsp3) is 0.267. The minimum atomic E-state index is -5.45. The zero-order valence-electron chi connectivity index (χ0n) is 24.1. The van der Waals surface area contributed by atoms with Gasteiger partial charge in [-0.15, -0.1) is 0 Å². The standard InChI is InChI=1S/C30H26ClF3N8O4/c1-41-15-18(12-39-41)23-14-36-24(38-16-29(7-8-29)19-2-4-20(31)5-3-19)26(44)42(23)27(46-28(45)30(32,33)34)25(43)37-13-21-10-17-11-35-9-6-22(17)40-21/h2-6,9-12,14-15,27,40H,7-8,13,16H2,1H3,(H,36,38)(H,37,43). The van der Waals surface area contributed by atoms with Gasteiger partial charge >= 0.3 is 12.1 Å². The lowest BCUT2D eigenvalue weighted by Gasteiger charge is -2.24. The minimum Gasteiger partial charge on any atom is -0.425 e. The Morgan fingerprint density at radius 3 is 2.57 bits per heavy atom. The van der Waals surface area contributed by atoms with Crippen LogP contribution in [-0.4, -0.2) is 53.9 Å². The van der Waals surface area contributed by atoms with Crippen LogP contribution in [0, 0.1) is 0 Å². The Morgan fingerprint density at radius 1 is 1.15 bits per heavy atom. The number of fused-ring (bicyclic) bond motifs is 1. The molecule has 1 aromatic carbocycles. The van der Waals surface area contributed by atoms with Crippen molar-refractivity contribution in [3.05, 3.63) is 94.0 Å². The number of carbonyl (C=O) groups excluding carboxylic acids is 2. The van der Waals surface area contributed by atoms with E-state index in [-0.39, 0.29) is 35.6 Å². The smallest absolute Gasteiger partial charge is 0.425 e. The highest BCUT2D eigenvalue weighted by Gasteiger charge is 2.46. The van der Waals surface area contributed by atoms with Gasteiger partial charge in [0, 0.05) is 64.8 Å². The molecule has 0 aliphatic heterocycles. The van der Waals surface area contributed by atoms with Crippen molar-refractivity contribution < 1.29 is 27.5 Å². The Labute approximate surface area is 263 Å². The summed E-state index contributed by atoms with van der Waals surface area (Å²) in [6.45, 7) is 0.0713. The minimum absolute atomic E-state index is 0.103. The van der Waals surface area contributed by atoms with E-state index >= 15 is 0 Å². The van der Waals surface area contributed by atoms with E-state index in [9.17, 15) is 27.6 Å². The topological polar surface area (TPSA) is 149 Å². The second kappa shape index (κ2) is 12.0. The number of hydrogen-bond donors (Lipinski definition) is 3. The summed E-state index contributed by atoms with van der Waals surface area (Å²) in [7, 11) is 1.59. The Kier molecular flexibility index (Phi) is 8.02. The van der Waals surface area contributed by atoms with Gasteiger partial charge in [0.05, 0.1) is 24.6 Å². The molecule has 1 atom stereocenters. The molecular formula is C30H26ClF3N8O4. The van der Waals surface area contributed by atoms with Crippen molar-refractivity contribution in [3.63, 3.8) is 0 Å². The Hall–Kier alpha value is -5.18. The normalized spacial score (nSPS) is 14.5. The number of rotatable bonds is 10. The average Bonchev–Trinajstić information content (AvgIpc) is 3.49. The first-order chi connectivity index (χ1) is 21.9. The van der Waals surface area contributed by atoms with Crippen molar-refractivity contribution in [3.8, 4) is 11.3 Å². The molecule has 0 spiro atoms. The maximum Gasteiger partial charge on any atom is 0.491 e. The largest absolute Gasteiger partial charge is 0.491 e. The van der Waals surface area contributed by atoms with Crippen LogP contribution in [0.2, 0.25) is 5.02 Å². The monoisotopic (exact) mass is 654 g/mol. The van der Waals surface area contributed by atoms with Crippen LogP contribution >= 0.6 is 11.6 Å². The lowest BCUT2D eigenvalue weighted by molar-refractivity contribution is -0.209. The maximum atomic E-state index is 14.0. The van der Waals surface area contributed by atoms with Gasteiger partial charge in [-0.05, 0) is 42.7 Å². The van der Waals surface area contributed by atoms with E-state index in [0.29, 0.717) is 20.8 Å². The lowest BCUT2D eigenvalue weighted by atomic mass is 9.96. The summed E-state index contributed by atoms with van der Waals surface area (Å²) in [4.78, 5) is 51.0. The number of ether oxygens (including phenoxy) is 1. The molecule has 0 saturated heterocycles. The van der Waals surface area contributed by atoms with Gasteiger partial charge in [-0.3, -0.25) is 23.8 Å². The predicted octanol–water partition coefficient (Wildman–Crippen LogP) is 4.24. The molecule has 4 heterocycles. The van der Waals surface area contributed by atoms with Crippen molar-refractivity contribution >= 4 is 40.2 Å². The zero-order valence-corrected chi connectivity index (χ0v) is 24.9. The molecule has 4 aromatic heterocycles. The summed E-state index contributed by atoms with van der Waals surface area (Å²) < 4.78 is 47.2. The fourth-order valence-corrected chi connectivity index (χ4v) is 5.28. The van der Waals surface area contributed by atoms with Gasteiger partial charge in [0.2, 0.25) is 0 Å². The quantitative estimate of drug-likeness (QED) is 0.190. The molecule has 1 unspecified atom stereocenters. The summed E-state index contributed by atoms with van der Waals surface area (Å²) in [5.41, 5.74) is 1.02. The van der Waals surface area contributed by atoms with Gasteiger partial charge in [0.15, 0.2) is 5.82 Å². The van der Waals surface area contributed by atoms with Gasteiger partial charge in [-0.25, -0.2) is 9.78 Å². The first-order valence-corrected chi connectivity index (χ1v) is 14.4. The number of benzene rings is 1. The van der Waals surface area contributed by atoms with Crippen LogP contribution in [0.5, 0.6) is 0 Å². The van der Waals surface area contributed by atoms with Crippen LogP contribution < -0.4 is 16.2 Å². The van der Waals surface area contributed by atoms with Crippen molar-refractivity contribution in [1.82, 2.24) is 34.6 Å². The second-order valence-corrected chi connectivity index (χ2v) is 11.4. The highest BCUT2D eigenvalue weighted by atomic mass is 35.5. The number of halogens is 4. The molecule has 1 amide bonds. The molecule has 3 N–H and O–H groups in total. The van der Waals surface area contributed by atoms with Gasteiger partial charge in [0.1, 0.15) is 0 Å². The number of aromatic nitrogens is 6. The summed E-state index contributed by atoms with van der Waals surface area (Å²) >= 11 is 6.04. The molecule has 1 fully saturated rings. The van der Waals surface area contributed by atoms with Gasteiger partial charge in [0.25, 0.3) is 17.7 Å². The molecule has 6 rings (SSSR count). The number of pyridine rings is 1.